The Kier molecular flexibility index (Phi) is 5.54. The van der Waals surface area contributed by atoms with Crippen LogP contribution < -0.4 is 10.2 Å². The number of hydrogen-bond acceptors (Lipinski definition) is 6. The number of piperidine rings is 1. The molecule has 2 aromatic rings. The normalized spacial score (nSPS) is 17.9. The van der Waals surface area contributed by atoms with Gasteiger partial charge in [0.25, 0.3) is 0 Å². The van der Waals surface area contributed by atoms with Gasteiger partial charge >= 0.3 is 0 Å². The molecule has 3 heterocycles. The van der Waals surface area contributed by atoms with Gasteiger partial charge in [0.05, 0.1) is 11.4 Å². The third-order valence-electron chi connectivity index (χ3n) is 4.99. The van der Waals surface area contributed by atoms with Crippen molar-refractivity contribution in [2.75, 3.05) is 29.1 Å². The number of nitrogens with one attached hydrogen (secondary N) is 1. The van der Waals surface area contributed by atoms with Gasteiger partial charge in [-0.25, -0.2) is 4.98 Å². The minimum absolute atomic E-state index is 0.131. The molecule has 144 valence electrons. The monoisotopic (exact) mass is 406 g/mol. The molecule has 2 fully saturated rings. The highest BCUT2D eigenvalue weighted by Crippen LogP contribution is 2.41. The van der Waals surface area contributed by atoms with E-state index in [9.17, 15) is 4.79 Å². The van der Waals surface area contributed by atoms with E-state index in [1.807, 2.05) is 0 Å². The van der Waals surface area contributed by atoms with Crippen molar-refractivity contribution in [3.8, 4) is 0 Å². The Bertz CT molecular complexity index is 816. The van der Waals surface area contributed by atoms with Crippen molar-refractivity contribution in [1.29, 1.82) is 0 Å². The van der Waals surface area contributed by atoms with Crippen molar-refractivity contribution >= 4 is 40.9 Å². The van der Waals surface area contributed by atoms with Gasteiger partial charge in [-0.3, -0.25) is 9.36 Å². The van der Waals surface area contributed by atoms with Crippen LogP contribution in [0.15, 0.2) is 23.5 Å². The number of pyridine rings is 1. The van der Waals surface area contributed by atoms with Crippen LogP contribution in [-0.4, -0.2) is 44.5 Å². The second-order valence-electron chi connectivity index (χ2n) is 7.23. The molecule has 2 aromatic heterocycles. The molecular weight excluding hydrogens is 384 g/mol. The van der Waals surface area contributed by atoms with E-state index in [4.69, 9.17) is 11.6 Å². The van der Waals surface area contributed by atoms with Crippen LogP contribution in [0.1, 0.15) is 38.6 Å². The highest BCUT2D eigenvalue weighted by Gasteiger charge is 2.32. The van der Waals surface area contributed by atoms with Crippen LogP contribution in [0.2, 0.25) is 5.15 Å². The number of rotatable bonds is 6. The van der Waals surface area contributed by atoms with Gasteiger partial charge in [0, 0.05) is 25.3 Å². The number of aromatic nitrogens is 4. The molecule has 1 saturated carbocycles. The van der Waals surface area contributed by atoms with Crippen LogP contribution in [0, 0.1) is 5.92 Å². The van der Waals surface area contributed by atoms with Crippen LogP contribution in [0.5, 0.6) is 0 Å². The van der Waals surface area contributed by atoms with Gasteiger partial charge in [0.15, 0.2) is 10.3 Å². The number of anilines is 2. The number of nitrogens with zero attached hydrogens (tertiary/aromatic N) is 5. The number of carbonyl (C=O) groups is 1. The van der Waals surface area contributed by atoms with E-state index in [0.29, 0.717) is 16.9 Å². The third kappa shape index (κ3) is 4.38. The summed E-state index contributed by atoms with van der Waals surface area (Å²) in [6.07, 6.45) is 6.27. The minimum atomic E-state index is -0.131. The molecular formula is C18H23ClN6OS. The minimum Gasteiger partial charge on any atom is -0.341 e. The zero-order chi connectivity index (χ0) is 18.8. The van der Waals surface area contributed by atoms with E-state index in [0.717, 1.165) is 43.0 Å². The van der Waals surface area contributed by atoms with E-state index in [2.05, 4.69) is 36.9 Å². The Morgan fingerprint density at radius 2 is 2.07 bits per heavy atom. The fourth-order valence-electron chi connectivity index (χ4n) is 3.24. The topological polar surface area (TPSA) is 75.9 Å². The molecule has 1 aliphatic carbocycles. The maximum atomic E-state index is 12.3. The van der Waals surface area contributed by atoms with E-state index >= 15 is 0 Å². The van der Waals surface area contributed by atoms with Crippen molar-refractivity contribution in [2.45, 2.75) is 43.8 Å². The van der Waals surface area contributed by atoms with Crippen molar-refractivity contribution < 1.29 is 4.79 Å². The first-order valence-electron chi connectivity index (χ1n) is 9.35. The molecule has 7 nitrogen and oxygen atoms in total. The van der Waals surface area contributed by atoms with Gasteiger partial charge in [-0.2, -0.15) is 0 Å². The smallest absolute Gasteiger partial charge is 0.234 e. The maximum absolute atomic E-state index is 12.3. The quantitative estimate of drug-likeness (QED) is 0.583. The fraction of sp³-hybridized carbons (Fsp3) is 0.556. The summed E-state index contributed by atoms with van der Waals surface area (Å²) in [7, 11) is 0. The molecule has 0 atom stereocenters. The molecule has 2 aliphatic rings. The summed E-state index contributed by atoms with van der Waals surface area (Å²) in [6, 6.07) is 3.94. The molecule has 0 radical (unpaired) electrons. The molecule has 0 spiro atoms. The van der Waals surface area contributed by atoms with Crippen molar-refractivity contribution in [1.82, 2.24) is 19.7 Å². The van der Waals surface area contributed by atoms with Crippen LogP contribution in [-0.2, 0) is 4.79 Å². The van der Waals surface area contributed by atoms with Crippen LogP contribution >= 0.6 is 23.4 Å². The van der Waals surface area contributed by atoms with E-state index in [1.165, 1.54) is 24.6 Å². The Balaban J connectivity index is 1.42. The summed E-state index contributed by atoms with van der Waals surface area (Å²) in [6.45, 7) is 4.35. The van der Waals surface area contributed by atoms with Gasteiger partial charge in [0.2, 0.25) is 11.9 Å². The standard InChI is InChI=1S/C18H23ClN6OS/c1-12-6-9-24(10-7-12)17-22-23-18(25(17)13-4-5-13)27-11-15(26)21-14-3-2-8-20-16(14)19/h2-3,8,12-13H,4-7,9-11H2,1H3,(H,21,26). The summed E-state index contributed by atoms with van der Waals surface area (Å²) >= 11 is 7.42. The molecule has 1 saturated heterocycles. The van der Waals surface area contributed by atoms with Gasteiger partial charge in [-0.1, -0.05) is 30.3 Å². The zero-order valence-corrected chi connectivity index (χ0v) is 16.8. The first kappa shape index (κ1) is 18.6. The summed E-state index contributed by atoms with van der Waals surface area (Å²) < 4.78 is 2.23. The number of carbonyl (C=O) groups excluding carboxylic acids is 1. The van der Waals surface area contributed by atoms with Crippen molar-refractivity contribution in [3.63, 3.8) is 0 Å². The van der Waals surface area contributed by atoms with Gasteiger partial charge < -0.3 is 10.2 Å². The second kappa shape index (κ2) is 8.06. The van der Waals surface area contributed by atoms with Crippen LogP contribution in [0.3, 0.4) is 0 Å². The number of amides is 1. The van der Waals surface area contributed by atoms with Crippen LogP contribution in [0.25, 0.3) is 0 Å². The molecule has 1 amide bonds. The summed E-state index contributed by atoms with van der Waals surface area (Å²) in [5, 5.41) is 12.7. The highest BCUT2D eigenvalue weighted by molar-refractivity contribution is 7.99. The molecule has 0 aromatic carbocycles. The Morgan fingerprint density at radius 1 is 1.30 bits per heavy atom. The fourth-order valence-corrected chi connectivity index (χ4v) is 4.21. The Morgan fingerprint density at radius 3 is 2.78 bits per heavy atom. The molecule has 0 unspecified atom stereocenters. The summed E-state index contributed by atoms with van der Waals surface area (Å²) in [5.74, 6) is 1.86. The molecule has 4 rings (SSSR count). The average molecular weight is 407 g/mol. The largest absolute Gasteiger partial charge is 0.341 e. The highest BCUT2D eigenvalue weighted by atomic mass is 35.5. The SMILES string of the molecule is CC1CCN(c2nnc(SCC(=O)Nc3cccnc3Cl)n2C2CC2)CC1. The second-order valence-corrected chi connectivity index (χ2v) is 8.53. The predicted molar refractivity (Wildman–Crippen MR) is 108 cm³/mol. The first-order valence-corrected chi connectivity index (χ1v) is 10.7. The molecule has 27 heavy (non-hydrogen) atoms. The van der Waals surface area contributed by atoms with Crippen molar-refractivity contribution in [2.24, 2.45) is 5.92 Å². The molecule has 1 N–H and O–H groups in total. The lowest BCUT2D eigenvalue weighted by Crippen LogP contribution is -2.34. The number of halogens is 1. The lowest BCUT2D eigenvalue weighted by molar-refractivity contribution is -0.113. The van der Waals surface area contributed by atoms with Gasteiger partial charge in [0.1, 0.15) is 0 Å². The predicted octanol–water partition coefficient (Wildman–Crippen LogP) is 3.63. The van der Waals surface area contributed by atoms with E-state index in [-0.39, 0.29) is 11.7 Å². The third-order valence-corrected chi connectivity index (χ3v) is 6.23. The zero-order valence-electron chi connectivity index (χ0n) is 15.3. The lowest BCUT2D eigenvalue weighted by Gasteiger charge is -2.31. The number of hydrogen-bond donors (Lipinski definition) is 1. The maximum Gasteiger partial charge on any atom is 0.234 e. The average Bonchev–Trinajstić information content (AvgIpc) is 3.42. The molecule has 0 bridgehead atoms. The van der Waals surface area contributed by atoms with Gasteiger partial charge in [-0.05, 0) is 43.7 Å². The first-order chi connectivity index (χ1) is 13.1. The van der Waals surface area contributed by atoms with E-state index < -0.39 is 0 Å². The number of thioether (sulfide) groups is 1. The summed E-state index contributed by atoms with van der Waals surface area (Å²) in [5.41, 5.74) is 0.525. The Hall–Kier alpha value is -1.80. The van der Waals surface area contributed by atoms with Crippen molar-refractivity contribution in [3.05, 3.63) is 23.5 Å². The van der Waals surface area contributed by atoms with Gasteiger partial charge in [-0.15, -0.1) is 10.2 Å². The Labute approximate surface area is 167 Å². The van der Waals surface area contributed by atoms with E-state index in [1.54, 1.807) is 18.3 Å². The molecule has 9 heteroatoms. The molecule has 1 aliphatic heterocycles. The lowest BCUT2D eigenvalue weighted by atomic mass is 10.00. The summed E-state index contributed by atoms with van der Waals surface area (Å²) in [4.78, 5) is 18.6. The van der Waals surface area contributed by atoms with Crippen LogP contribution in [0.4, 0.5) is 11.6 Å².